The van der Waals surface area contributed by atoms with Crippen LogP contribution in [0.4, 0.5) is 5.00 Å². The number of nitrogens with one attached hydrogen (secondary N) is 1. The van der Waals surface area contributed by atoms with Crippen molar-refractivity contribution in [2.45, 2.75) is 20.3 Å². The van der Waals surface area contributed by atoms with Gasteiger partial charge in [-0.15, -0.1) is 22.7 Å². The number of hydrogen-bond acceptors (Lipinski definition) is 5. The summed E-state index contributed by atoms with van der Waals surface area (Å²) in [6, 6.07) is 13.5. The molecule has 1 N–H and O–H groups in total. The fraction of sp³-hybridized carbons (Fsp3) is 0.200. The Morgan fingerprint density at radius 2 is 1.88 bits per heavy atom. The molecule has 1 amide bonds. The lowest BCUT2D eigenvalue weighted by Gasteiger charge is -2.09. The van der Waals surface area contributed by atoms with Gasteiger partial charge >= 0.3 is 5.97 Å². The van der Waals surface area contributed by atoms with Gasteiger partial charge < -0.3 is 10.1 Å². The van der Waals surface area contributed by atoms with Crippen LogP contribution in [0.1, 0.15) is 27.0 Å². The molecule has 0 aliphatic carbocycles. The van der Waals surface area contributed by atoms with Crippen LogP contribution in [0.5, 0.6) is 0 Å². The van der Waals surface area contributed by atoms with Gasteiger partial charge in [0.25, 0.3) is 0 Å². The number of anilines is 1. The monoisotopic (exact) mass is 385 g/mol. The van der Waals surface area contributed by atoms with Crippen LogP contribution in [0.25, 0.3) is 11.1 Å². The van der Waals surface area contributed by atoms with Crippen molar-refractivity contribution in [2.75, 3.05) is 11.9 Å². The highest BCUT2D eigenvalue weighted by molar-refractivity contribution is 7.17. The largest absolute Gasteiger partial charge is 0.462 e. The molecule has 0 spiro atoms. The third kappa shape index (κ3) is 4.03. The minimum Gasteiger partial charge on any atom is -0.462 e. The fourth-order valence-electron chi connectivity index (χ4n) is 2.73. The minimum atomic E-state index is -0.415. The second-order valence-electron chi connectivity index (χ2n) is 5.63. The Kier molecular flexibility index (Phi) is 5.85. The Hall–Kier alpha value is -2.44. The molecule has 134 valence electrons. The maximum absolute atomic E-state index is 12.6. The van der Waals surface area contributed by atoms with Crippen molar-refractivity contribution in [3.05, 3.63) is 63.2 Å². The number of thiophene rings is 2. The molecule has 0 saturated heterocycles. The van der Waals surface area contributed by atoms with Crippen LogP contribution in [-0.4, -0.2) is 18.5 Å². The number of esters is 1. The van der Waals surface area contributed by atoms with E-state index in [0.717, 1.165) is 20.9 Å². The molecule has 26 heavy (non-hydrogen) atoms. The van der Waals surface area contributed by atoms with E-state index in [-0.39, 0.29) is 18.9 Å². The van der Waals surface area contributed by atoms with Gasteiger partial charge in [-0.05, 0) is 30.9 Å². The van der Waals surface area contributed by atoms with Crippen LogP contribution in [0.2, 0.25) is 0 Å². The van der Waals surface area contributed by atoms with Crippen molar-refractivity contribution in [2.24, 2.45) is 0 Å². The Bertz CT molecular complexity index is 899. The summed E-state index contributed by atoms with van der Waals surface area (Å²) >= 11 is 2.94. The van der Waals surface area contributed by atoms with Gasteiger partial charge in [-0.25, -0.2) is 4.79 Å². The van der Waals surface area contributed by atoms with Crippen LogP contribution in [0.3, 0.4) is 0 Å². The molecule has 0 bridgehead atoms. The van der Waals surface area contributed by atoms with Gasteiger partial charge in [-0.1, -0.05) is 36.4 Å². The molecule has 0 radical (unpaired) electrons. The average Bonchev–Trinajstić information content (AvgIpc) is 3.23. The molecule has 3 rings (SSSR count). The van der Waals surface area contributed by atoms with Crippen molar-refractivity contribution in [3.8, 4) is 11.1 Å². The van der Waals surface area contributed by atoms with Gasteiger partial charge in [-0.3, -0.25) is 4.79 Å². The first-order valence-electron chi connectivity index (χ1n) is 8.28. The van der Waals surface area contributed by atoms with E-state index in [0.29, 0.717) is 10.6 Å². The molecule has 0 fully saturated rings. The second kappa shape index (κ2) is 8.29. The molecule has 0 aliphatic heterocycles. The van der Waals surface area contributed by atoms with E-state index >= 15 is 0 Å². The summed E-state index contributed by atoms with van der Waals surface area (Å²) < 4.78 is 5.25. The third-order valence-electron chi connectivity index (χ3n) is 3.79. The molecule has 1 aromatic carbocycles. The second-order valence-corrected chi connectivity index (χ2v) is 7.89. The zero-order chi connectivity index (χ0) is 18.5. The molecule has 2 aromatic heterocycles. The predicted molar refractivity (Wildman–Crippen MR) is 107 cm³/mol. The highest BCUT2D eigenvalue weighted by Crippen LogP contribution is 2.40. The van der Waals surface area contributed by atoms with Crippen molar-refractivity contribution in [3.63, 3.8) is 0 Å². The minimum absolute atomic E-state index is 0.140. The molecule has 2 heterocycles. The summed E-state index contributed by atoms with van der Waals surface area (Å²) in [4.78, 5) is 27.0. The van der Waals surface area contributed by atoms with Gasteiger partial charge in [0.15, 0.2) is 0 Å². The van der Waals surface area contributed by atoms with Gasteiger partial charge in [0.1, 0.15) is 10.6 Å². The van der Waals surface area contributed by atoms with E-state index in [2.05, 4.69) is 5.32 Å². The van der Waals surface area contributed by atoms with Crippen molar-refractivity contribution < 1.29 is 14.3 Å². The Labute approximate surface area is 160 Å². The van der Waals surface area contributed by atoms with Gasteiger partial charge in [0.2, 0.25) is 5.91 Å². The summed E-state index contributed by atoms with van der Waals surface area (Å²) in [6.45, 7) is 4.00. The first kappa shape index (κ1) is 18.4. The highest BCUT2D eigenvalue weighted by atomic mass is 32.1. The number of hydrogen-bond donors (Lipinski definition) is 1. The lowest BCUT2D eigenvalue weighted by molar-refractivity contribution is -0.115. The number of ether oxygens (including phenoxy) is 1. The Morgan fingerprint density at radius 3 is 2.54 bits per heavy atom. The van der Waals surface area contributed by atoms with Crippen LogP contribution in [0.15, 0.2) is 47.8 Å². The van der Waals surface area contributed by atoms with Crippen LogP contribution >= 0.6 is 22.7 Å². The third-order valence-corrected chi connectivity index (χ3v) is 5.69. The van der Waals surface area contributed by atoms with Crippen molar-refractivity contribution in [1.29, 1.82) is 0 Å². The molecule has 3 aromatic rings. The molecule has 4 nitrogen and oxygen atoms in total. The first-order chi connectivity index (χ1) is 12.6. The maximum Gasteiger partial charge on any atom is 0.341 e. The summed E-state index contributed by atoms with van der Waals surface area (Å²) in [5.41, 5.74) is 2.18. The van der Waals surface area contributed by atoms with E-state index in [1.54, 1.807) is 6.92 Å². The zero-order valence-electron chi connectivity index (χ0n) is 14.6. The van der Waals surface area contributed by atoms with Crippen molar-refractivity contribution >= 4 is 39.6 Å². The standard InChI is InChI=1S/C20H19NO3S2/c1-3-24-20(23)18-17(14-8-5-4-6-9-14)13(2)26-19(18)21-16(22)12-15-10-7-11-25-15/h4-11H,3,12H2,1-2H3,(H,21,22). The number of rotatable bonds is 6. The van der Waals surface area contributed by atoms with Crippen LogP contribution in [-0.2, 0) is 16.0 Å². The van der Waals surface area contributed by atoms with Crippen LogP contribution in [0, 0.1) is 6.92 Å². The normalized spacial score (nSPS) is 10.5. The zero-order valence-corrected chi connectivity index (χ0v) is 16.2. The topological polar surface area (TPSA) is 55.4 Å². The van der Waals surface area contributed by atoms with E-state index < -0.39 is 5.97 Å². The number of carbonyl (C=O) groups excluding carboxylic acids is 2. The lowest BCUT2D eigenvalue weighted by Crippen LogP contribution is -2.16. The SMILES string of the molecule is CCOC(=O)c1c(NC(=O)Cc2cccs2)sc(C)c1-c1ccccc1. The smallest absolute Gasteiger partial charge is 0.341 e. The molecule has 0 atom stereocenters. The van der Waals surface area contributed by atoms with Gasteiger partial charge in [0, 0.05) is 15.3 Å². The molecule has 0 saturated carbocycles. The molecule has 0 aliphatic rings. The number of carbonyl (C=O) groups is 2. The number of benzene rings is 1. The highest BCUT2D eigenvalue weighted by Gasteiger charge is 2.25. The Balaban J connectivity index is 1.96. The summed E-state index contributed by atoms with van der Waals surface area (Å²) in [5.74, 6) is -0.555. The van der Waals surface area contributed by atoms with E-state index in [1.807, 2.05) is 54.8 Å². The van der Waals surface area contributed by atoms with Gasteiger partial charge in [0.05, 0.1) is 13.0 Å². The first-order valence-corrected chi connectivity index (χ1v) is 9.98. The molecule has 0 unspecified atom stereocenters. The predicted octanol–water partition coefficient (Wildman–Crippen LogP) is 5.14. The quantitative estimate of drug-likeness (QED) is 0.598. The lowest BCUT2D eigenvalue weighted by atomic mass is 10.0. The van der Waals surface area contributed by atoms with Crippen molar-refractivity contribution in [1.82, 2.24) is 0 Å². The maximum atomic E-state index is 12.6. The average molecular weight is 386 g/mol. The molecular formula is C20H19NO3S2. The number of aryl methyl sites for hydroxylation is 1. The van der Waals surface area contributed by atoms with E-state index in [1.165, 1.54) is 22.7 Å². The summed E-state index contributed by atoms with van der Waals surface area (Å²) in [6.07, 6.45) is 0.289. The molecule has 6 heteroatoms. The van der Waals surface area contributed by atoms with Gasteiger partial charge in [-0.2, -0.15) is 0 Å². The molecular weight excluding hydrogens is 366 g/mol. The number of amides is 1. The van der Waals surface area contributed by atoms with E-state index in [4.69, 9.17) is 4.74 Å². The Morgan fingerprint density at radius 1 is 1.12 bits per heavy atom. The summed E-state index contributed by atoms with van der Waals surface area (Å²) in [7, 11) is 0. The fourth-order valence-corrected chi connectivity index (χ4v) is 4.51. The van der Waals surface area contributed by atoms with Crippen LogP contribution < -0.4 is 5.32 Å². The van der Waals surface area contributed by atoms with E-state index in [9.17, 15) is 9.59 Å². The summed E-state index contributed by atoms with van der Waals surface area (Å²) in [5, 5.41) is 5.39.